The number of nitriles is 1. The molecule has 4 heterocycles. The molecule has 1 aliphatic heterocycles. The number of furan rings is 1. The lowest BCUT2D eigenvalue weighted by Gasteiger charge is -2.28. The summed E-state index contributed by atoms with van der Waals surface area (Å²) in [6, 6.07) is 7.49. The lowest BCUT2D eigenvalue weighted by atomic mass is 10.2. The highest BCUT2D eigenvalue weighted by Gasteiger charge is 2.32. The first-order chi connectivity index (χ1) is 14.4. The monoisotopic (exact) mass is 408 g/mol. The number of aromatic nitrogens is 3. The van der Waals surface area contributed by atoms with E-state index in [0.29, 0.717) is 41.6 Å². The normalized spacial score (nSPS) is 16.6. The van der Waals surface area contributed by atoms with Gasteiger partial charge >= 0.3 is 6.09 Å². The molecule has 156 valence electrons. The molecule has 0 unspecified atom stereocenters. The molecule has 4 rings (SSSR count). The lowest BCUT2D eigenvalue weighted by molar-refractivity contribution is 0.0235. The number of amides is 1. The summed E-state index contributed by atoms with van der Waals surface area (Å²) in [4.78, 5) is 18.8. The third-order valence-corrected chi connectivity index (χ3v) is 4.88. The summed E-state index contributed by atoms with van der Waals surface area (Å²) in [5, 5.41) is 17.3. The molecule has 1 N–H and O–H groups in total. The Balaban J connectivity index is 1.50. The molecule has 0 bridgehead atoms. The van der Waals surface area contributed by atoms with E-state index in [4.69, 9.17) is 9.15 Å². The topological polar surface area (TPSA) is 109 Å². The number of fused-ring (bicyclic) bond motifs is 1. The summed E-state index contributed by atoms with van der Waals surface area (Å²) in [6.07, 6.45) is 4.83. The molecule has 9 nitrogen and oxygen atoms in total. The predicted octanol–water partition coefficient (Wildman–Crippen LogP) is 3.67. The average molecular weight is 408 g/mol. The molecule has 9 heteroatoms. The van der Waals surface area contributed by atoms with Crippen LogP contribution in [0.25, 0.3) is 17.1 Å². The van der Waals surface area contributed by atoms with E-state index < -0.39 is 5.60 Å². The van der Waals surface area contributed by atoms with Crippen molar-refractivity contribution in [1.82, 2.24) is 19.5 Å². The highest BCUT2D eigenvalue weighted by Crippen LogP contribution is 2.26. The van der Waals surface area contributed by atoms with Gasteiger partial charge in [0.05, 0.1) is 12.3 Å². The lowest BCUT2D eigenvalue weighted by Crippen LogP contribution is -2.42. The first kappa shape index (κ1) is 19.8. The fourth-order valence-electron chi connectivity index (χ4n) is 3.55. The van der Waals surface area contributed by atoms with E-state index in [-0.39, 0.29) is 12.1 Å². The maximum atomic E-state index is 12.5. The van der Waals surface area contributed by atoms with E-state index in [1.807, 2.05) is 20.8 Å². The van der Waals surface area contributed by atoms with Gasteiger partial charge in [0.15, 0.2) is 11.4 Å². The molecule has 1 fully saturated rings. The number of hydrogen-bond acceptors (Lipinski definition) is 7. The Morgan fingerprint density at radius 1 is 1.43 bits per heavy atom. The molecule has 1 aliphatic rings. The van der Waals surface area contributed by atoms with Gasteiger partial charge in [-0.3, -0.25) is 0 Å². The van der Waals surface area contributed by atoms with Crippen LogP contribution in [0.15, 0.2) is 35.1 Å². The maximum absolute atomic E-state index is 12.5. The highest BCUT2D eigenvalue weighted by atomic mass is 16.6. The third-order valence-electron chi connectivity index (χ3n) is 4.88. The molecule has 0 saturated carbocycles. The zero-order valence-corrected chi connectivity index (χ0v) is 17.3. The van der Waals surface area contributed by atoms with Gasteiger partial charge in [0.25, 0.3) is 0 Å². The van der Waals surface area contributed by atoms with Crippen molar-refractivity contribution in [1.29, 1.82) is 5.26 Å². The SMILES string of the molecule is CC(C)(C)OC(=O)N1CCC[C@@H]1CNc1ccn2nc(-c3ccco3)c(C#N)c2n1. The number of carbonyl (C=O) groups is 1. The van der Waals surface area contributed by atoms with E-state index in [0.717, 1.165) is 12.8 Å². The van der Waals surface area contributed by atoms with Crippen molar-refractivity contribution in [3.8, 4) is 17.5 Å². The molecule has 3 aromatic rings. The van der Waals surface area contributed by atoms with E-state index in [1.54, 1.807) is 40.1 Å². The number of likely N-dealkylation sites (tertiary alicyclic amines) is 1. The predicted molar refractivity (Wildman–Crippen MR) is 110 cm³/mol. The largest absolute Gasteiger partial charge is 0.463 e. The second kappa shape index (κ2) is 7.71. The van der Waals surface area contributed by atoms with Crippen molar-refractivity contribution in [3.63, 3.8) is 0 Å². The van der Waals surface area contributed by atoms with Crippen LogP contribution < -0.4 is 5.32 Å². The summed E-state index contributed by atoms with van der Waals surface area (Å²) in [7, 11) is 0. The van der Waals surface area contributed by atoms with E-state index in [9.17, 15) is 10.1 Å². The van der Waals surface area contributed by atoms with E-state index in [1.165, 1.54) is 0 Å². The number of anilines is 1. The van der Waals surface area contributed by atoms with Crippen molar-refractivity contribution < 1.29 is 13.9 Å². The van der Waals surface area contributed by atoms with Crippen LogP contribution >= 0.6 is 0 Å². The minimum atomic E-state index is -0.522. The smallest absolute Gasteiger partial charge is 0.410 e. The van der Waals surface area contributed by atoms with Gasteiger partial charge in [-0.15, -0.1) is 0 Å². The summed E-state index contributed by atoms with van der Waals surface area (Å²) in [5.41, 5.74) is 0.735. The molecule has 1 amide bonds. The van der Waals surface area contributed by atoms with Gasteiger partial charge in [0, 0.05) is 19.3 Å². The van der Waals surface area contributed by atoms with Crippen LogP contribution in [0, 0.1) is 11.3 Å². The van der Waals surface area contributed by atoms with Crippen molar-refractivity contribution in [2.45, 2.75) is 45.3 Å². The van der Waals surface area contributed by atoms with Crippen LogP contribution in [0.1, 0.15) is 39.2 Å². The van der Waals surface area contributed by atoms with Gasteiger partial charge in [0.1, 0.15) is 28.7 Å². The van der Waals surface area contributed by atoms with Crippen LogP contribution in [-0.2, 0) is 4.74 Å². The number of carbonyl (C=O) groups excluding carboxylic acids is 1. The second-order valence-electron chi connectivity index (χ2n) is 8.24. The van der Waals surface area contributed by atoms with Crippen LogP contribution in [0.4, 0.5) is 10.6 Å². The quantitative estimate of drug-likeness (QED) is 0.701. The molecular weight excluding hydrogens is 384 g/mol. The van der Waals surface area contributed by atoms with Crippen LogP contribution in [-0.4, -0.2) is 50.3 Å². The molecule has 0 radical (unpaired) electrons. The van der Waals surface area contributed by atoms with Crippen molar-refractivity contribution in [3.05, 3.63) is 36.2 Å². The zero-order valence-electron chi connectivity index (χ0n) is 17.3. The fraction of sp³-hybridized carbons (Fsp3) is 0.429. The molecule has 0 spiro atoms. The molecule has 0 aliphatic carbocycles. The molecule has 30 heavy (non-hydrogen) atoms. The molecule has 1 saturated heterocycles. The molecule has 1 atom stereocenters. The van der Waals surface area contributed by atoms with E-state index in [2.05, 4.69) is 21.5 Å². The van der Waals surface area contributed by atoms with Crippen LogP contribution in [0.3, 0.4) is 0 Å². The Bertz CT molecular complexity index is 1090. The Hall–Kier alpha value is -3.54. The number of ether oxygens (including phenoxy) is 1. The second-order valence-corrected chi connectivity index (χ2v) is 8.24. The van der Waals surface area contributed by atoms with Gasteiger partial charge in [-0.1, -0.05) is 0 Å². The number of nitrogens with one attached hydrogen (secondary N) is 1. The Morgan fingerprint density at radius 3 is 2.97 bits per heavy atom. The van der Waals surface area contributed by atoms with Gasteiger partial charge in [-0.25, -0.2) is 14.3 Å². The number of rotatable bonds is 4. The highest BCUT2D eigenvalue weighted by molar-refractivity contribution is 5.73. The fourth-order valence-corrected chi connectivity index (χ4v) is 3.55. The summed E-state index contributed by atoms with van der Waals surface area (Å²) < 4.78 is 12.5. The molecular formula is C21H24N6O3. The minimum absolute atomic E-state index is 0.0249. The van der Waals surface area contributed by atoms with Gasteiger partial charge in [0.2, 0.25) is 0 Å². The van der Waals surface area contributed by atoms with Crippen molar-refractivity contribution >= 4 is 17.6 Å². The van der Waals surface area contributed by atoms with Gasteiger partial charge < -0.3 is 19.4 Å². The van der Waals surface area contributed by atoms with E-state index >= 15 is 0 Å². The van der Waals surface area contributed by atoms with Gasteiger partial charge in [-0.05, 0) is 51.8 Å². The number of nitrogens with zero attached hydrogens (tertiary/aromatic N) is 5. The minimum Gasteiger partial charge on any atom is -0.463 e. The number of hydrogen-bond donors (Lipinski definition) is 1. The van der Waals surface area contributed by atoms with Crippen molar-refractivity contribution in [2.75, 3.05) is 18.4 Å². The maximum Gasteiger partial charge on any atom is 0.410 e. The third kappa shape index (κ3) is 3.94. The summed E-state index contributed by atoms with van der Waals surface area (Å²) in [6.45, 7) is 6.82. The standard InChI is InChI=1S/C21H24N6O3/c1-21(2,3)30-20(28)26-9-4-6-14(26)13-23-17-8-10-27-19(24-17)15(12-22)18(25-27)16-7-5-11-29-16/h5,7-8,10-11,14H,4,6,9,13H2,1-3H3,(H,23,24)/t14-/m1/s1. The zero-order chi connectivity index (χ0) is 21.3. The first-order valence-electron chi connectivity index (χ1n) is 9.92. The first-order valence-corrected chi connectivity index (χ1v) is 9.92. The van der Waals surface area contributed by atoms with Gasteiger partial charge in [-0.2, -0.15) is 10.4 Å². The van der Waals surface area contributed by atoms with Crippen LogP contribution in [0.2, 0.25) is 0 Å². The van der Waals surface area contributed by atoms with Crippen LogP contribution in [0.5, 0.6) is 0 Å². The molecule has 0 aromatic carbocycles. The summed E-state index contributed by atoms with van der Waals surface area (Å²) in [5.74, 6) is 1.13. The molecule has 3 aromatic heterocycles. The van der Waals surface area contributed by atoms with Crippen molar-refractivity contribution in [2.24, 2.45) is 0 Å². The Labute approximate surface area is 174 Å². The Morgan fingerprint density at radius 2 is 2.27 bits per heavy atom. The average Bonchev–Trinajstić information content (AvgIpc) is 3.43. The Kier molecular flexibility index (Phi) is 5.08. The summed E-state index contributed by atoms with van der Waals surface area (Å²) >= 11 is 0.